The van der Waals surface area contributed by atoms with Gasteiger partial charge in [0.2, 0.25) is 5.91 Å². The molecular formula is C21H19F2NO3. The summed E-state index contributed by atoms with van der Waals surface area (Å²) in [6.45, 7) is -2.63. The quantitative estimate of drug-likeness (QED) is 0.700. The molecule has 0 radical (unpaired) electrons. The first kappa shape index (κ1) is 17.5. The maximum atomic E-state index is 12.3. The van der Waals surface area contributed by atoms with Crippen molar-refractivity contribution >= 4 is 16.9 Å². The van der Waals surface area contributed by atoms with Crippen molar-refractivity contribution in [1.82, 2.24) is 5.32 Å². The number of hydrogen-bond acceptors (Lipinski definition) is 3. The van der Waals surface area contributed by atoms with E-state index in [2.05, 4.69) is 22.2 Å². The molecular weight excluding hydrogens is 352 g/mol. The monoisotopic (exact) mass is 371 g/mol. The van der Waals surface area contributed by atoms with E-state index in [-0.39, 0.29) is 24.6 Å². The van der Waals surface area contributed by atoms with Crippen molar-refractivity contribution in [1.29, 1.82) is 0 Å². The molecule has 0 saturated carbocycles. The van der Waals surface area contributed by atoms with E-state index < -0.39 is 6.61 Å². The van der Waals surface area contributed by atoms with Crippen LogP contribution in [0.5, 0.6) is 5.75 Å². The number of benzene rings is 2. The smallest absolute Gasteiger partial charge is 0.387 e. The normalized spacial score (nSPS) is 13.1. The van der Waals surface area contributed by atoms with Gasteiger partial charge in [0.1, 0.15) is 11.3 Å². The number of carbonyl (C=O) groups is 1. The predicted molar refractivity (Wildman–Crippen MR) is 96.9 cm³/mol. The molecule has 1 heterocycles. The lowest BCUT2D eigenvalue weighted by Crippen LogP contribution is -2.24. The highest BCUT2D eigenvalue weighted by Gasteiger charge is 2.16. The summed E-state index contributed by atoms with van der Waals surface area (Å²) in [6.07, 6.45) is 5.15. The van der Waals surface area contributed by atoms with Crippen molar-refractivity contribution < 1.29 is 22.7 Å². The molecule has 3 aromatic rings. The van der Waals surface area contributed by atoms with Crippen molar-refractivity contribution in [2.24, 2.45) is 0 Å². The molecule has 1 amide bonds. The third-order valence-electron chi connectivity index (χ3n) is 4.83. The molecule has 4 rings (SSSR count). The average molecular weight is 371 g/mol. The first-order valence-corrected chi connectivity index (χ1v) is 8.91. The van der Waals surface area contributed by atoms with Crippen molar-refractivity contribution in [3.05, 3.63) is 64.9 Å². The van der Waals surface area contributed by atoms with E-state index >= 15 is 0 Å². The topological polar surface area (TPSA) is 51.5 Å². The third kappa shape index (κ3) is 3.94. The Morgan fingerprint density at radius 2 is 2.00 bits per heavy atom. The van der Waals surface area contributed by atoms with Crippen LogP contribution in [0.1, 0.15) is 28.7 Å². The molecule has 0 aliphatic heterocycles. The molecule has 27 heavy (non-hydrogen) atoms. The molecule has 140 valence electrons. The van der Waals surface area contributed by atoms with Gasteiger partial charge < -0.3 is 14.5 Å². The van der Waals surface area contributed by atoms with Crippen molar-refractivity contribution in [3.8, 4) is 5.75 Å². The van der Waals surface area contributed by atoms with E-state index in [4.69, 9.17) is 4.42 Å². The Bertz CT molecular complexity index is 981. The van der Waals surface area contributed by atoms with Gasteiger partial charge >= 0.3 is 6.61 Å². The lowest BCUT2D eigenvalue weighted by atomic mass is 10.0. The first-order valence-electron chi connectivity index (χ1n) is 8.91. The van der Waals surface area contributed by atoms with Crippen LogP contribution in [0.25, 0.3) is 11.0 Å². The van der Waals surface area contributed by atoms with Crippen molar-refractivity contribution in [2.45, 2.75) is 38.8 Å². The SMILES string of the molecule is O=C(Cc1coc2cc3c(cc12)CCC3)NCc1cccc(OC(F)F)c1. The van der Waals surface area contributed by atoms with Gasteiger partial charge in [0, 0.05) is 17.5 Å². The lowest BCUT2D eigenvalue weighted by molar-refractivity contribution is -0.120. The van der Waals surface area contributed by atoms with Gasteiger partial charge in [0.05, 0.1) is 12.7 Å². The van der Waals surface area contributed by atoms with E-state index in [1.54, 1.807) is 18.4 Å². The molecule has 1 N–H and O–H groups in total. The second kappa shape index (κ2) is 7.39. The summed E-state index contributed by atoms with van der Waals surface area (Å²) in [5.74, 6) is -0.0789. The van der Waals surface area contributed by atoms with Crippen LogP contribution < -0.4 is 10.1 Å². The minimum Gasteiger partial charge on any atom is -0.464 e. The van der Waals surface area contributed by atoms with Gasteiger partial charge in [-0.2, -0.15) is 8.78 Å². The molecule has 4 nitrogen and oxygen atoms in total. The molecule has 0 unspecified atom stereocenters. The minimum absolute atomic E-state index is 0.0754. The molecule has 1 aliphatic carbocycles. The number of furan rings is 1. The fourth-order valence-corrected chi connectivity index (χ4v) is 3.55. The van der Waals surface area contributed by atoms with E-state index in [0.29, 0.717) is 5.56 Å². The maximum absolute atomic E-state index is 12.3. The van der Waals surface area contributed by atoms with Crippen LogP contribution in [-0.2, 0) is 30.6 Å². The Morgan fingerprint density at radius 3 is 2.81 bits per heavy atom. The second-order valence-corrected chi connectivity index (χ2v) is 6.71. The van der Waals surface area contributed by atoms with Crippen LogP contribution in [0.2, 0.25) is 0 Å². The number of fused-ring (bicyclic) bond motifs is 2. The summed E-state index contributed by atoms with van der Waals surface area (Å²) in [4.78, 5) is 12.3. The zero-order valence-electron chi connectivity index (χ0n) is 14.6. The Balaban J connectivity index is 1.41. The molecule has 0 saturated heterocycles. The number of carbonyl (C=O) groups excluding carboxylic acids is 1. The maximum Gasteiger partial charge on any atom is 0.387 e. The Kier molecular flexibility index (Phi) is 4.79. The van der Waals surface area contributed by atoms with Crippen molar-refractivity contribution in [3.63, 3.8) is 0 Å². The number of ether oxygens (including phenoxy) is 1. The lowest BCUT2D eigenvalue weighted by Gasteiger charge is -2.08. The molecule has 0 fully saturated rings. The number of halogens is 2. The summed E-state index contributed by atoms with van der Waals surface area (Å²) in [7, 11) is 0. The van der Waals surface area contributed by atoms with Gasteiger partial charge in [-0.1, -0.05) is 12.1 Å². The van der Waals surface area contributed by atoms with Gasteiger partial charge in [-0.3, -0.25) is 4.79 Å². The Hall–Kier alpha value is -2.89. The van der Waals surface area contributed by atoms with Gasteiger partial charge in [0.25, 0.3) is 0 Å². The summed E-state index contributed by atoms with van der Waals surface area (Å²) < 4.78 is 34.6. The van der Waals surface area contributed by atoms with E-state index in [1.165, 1.54) is 23.3 Å². The minimum atomic E-state index is -2.87. The summed E-state index contributed by atoms with van der Waals surface area (Å²) in [5.41, 5.74) is 5.03. The van der Waals surface area contributed by atoms with Crippen LogP contribution in [0.15, 0.2) is 47.1 Å². The van der Waals surface area contributed by atoms with Crippen LogP contribution in [0.4, 0.5) is 8.78 Å². The highest BCUT2D eigenvalue weighted by molar-refractivity contribution is 5.88. The van der Waals surface area contributed by atoms with Gasteiger partial charge in [-0.15, -0.1) is 0 Å². The Morgan fingerprint density at radius 1 is 1.19 bits per heavy atom. The standard InChI is InChI=1S/C21H19F2NO3/c22-21(23)27-17-6-1-3-13(7-17)11-24-20(25)10-16-12-26-19-9-15-5-2-4-14(15)8-18(16)19/h1,3,6-9,12,21H,2,4-5,10-11H2,(H,24,25). The molecule has 0 atom stereocenters. The zero-order chi connectivity index (χ0) is 18.8. The second-order valence-electron chi connectivity index (χ2n) is 6.71. The van der Waals surface area contributed by atoms with Crippen LogP contribution in [-0.4, -0.2) is 12.5 Å². The molecule has 1 aromatic heterocycles. The molecule has 1 aliphatic rings. The number of hydrogen-bond donors (Lipinski definition) is 1. The van der Waals surface area contributed by atoms with Crippen LogP contribution >= 0.6 is 0 Å². The first-order chi connectivity index (χ1) is 13.1. The number of nitrogens with one attached hydrogen (secondary N) is 1. The van der Waals surface area contributed by atoms with E-state index in [0.717, 1.165) is 35.8 Å². The van der Waals surface area contributed by atoms with E-state index in [9.17, 15) is 13.6 Å². The summed E-state index contributed by atoms with van der Waals surface area (Å²) in [5, 5.41) is 3.80. The Labute approximate surface area is 155 Å². The highest BCUT2D eigenvalue weighted by Crippen LogP contribution is 2.30. The molecule has 2 aromatic carbocycles. The highest BCUT2D eigenvalue weighted by atomic mass is 19.3. The molecule has 0 bridgehead atoms. The van der Waals surface area contributed by atoms with Crippen LogP contribution in [0.3, 0.4) is 0 Å². The van der Waals surface area contributed by atoms with Gasteiger partial charge in [-0.25, -0.2) is 0 Å². The van der Waals surface area contributed by atoms with Gasteiger partial charge in [-0.05, 0) is 60.2 Å². The molecule has 6 heteroatoms. The summed E-state index contributed by atoms with van der Waals surface area (Å²) >= 11 is 0. The summed E-state index contributed by atoms with van der Waals surface area (Å²) in [6, 6.07) is 10.5. The van der Waals surface area contributed by atoms with Crippen LogP contribution in [0, 0.1) is 0 Å². The fourth-order valence-electron chi connectivity index (χ4n) is 3.55. The number of amides is 1. The van der Waals surface area contributed by atoms with Gasteiger partial charge in [0.15, 0.2) is 0 Å². The molecule has 0 spiro atoms. The van der Waals surface area contributed by atoms with E-state index in [1.807, 2.05) is 0 Å². The van der Waals surface area contributed by atoms with Crippen molar-refractivity contribution in [2.75, 3.05) is 0 Å². The predicted octanol–water partition coefficient (Wildman–Crippen LogP) is 4.38. The largest absolute Gasteiger partial charge is 0.464 e. The number of alkyl halides is 2. The third-order valence-corrected chi connectivity index (χ3v) is 4.83. The zero-order valence-corrected chi connectivity index (χ0v) is 14.6. The fraction of sp³-hybridized carbons (Fsp3) is 0.286. The average Bonchev–Trinajstić information content (AvgIpc) is 3.24. The number of aryl methyl sites for hydroxylation is 2. The number of rotatable bonds is 6.